The van der Waals surface area contributed by atoms with Crippen molar-refractivity contribution in [3.05, 3.63) is 46.9 Å². The Morgan fingerprint density at radius 3 is 2.67 bits per heavy atom. The minimum absolute atomic E-state index is 0.114. The minimum Gasteiger partial charge on any atom is -0.325 e. The van der Waals surface area contributed by atoms with Gasteiger partial charge >= 0.3 is 0 Å². The Balaban J connectivity index is 1.76. The molecule has 0 aliphatic carbocycles. The average molecular weight is 362 g/mol. The summed E-state index contributed by atoms with van der Waals surface area (Å²) in [7, 11) is 0. The van der Waals surface area contributed by atoms with Crippen LogP contribution in [0.25, 0.3) is 5.65 Å². The van der Waals surface area contributed by atoms with Crippen molar-refractivity contribution >= 4 is 40.6 Å². The Morgan fingerprint density at radius 2 is 1.96 bits per heavy atom. The minimum atomic E-state index is -0.339. The maximum absolute atomic E-state index is 12.4. The monoisotopic (exact) mass is 361 g/mol. The number of carbonyl (C=O) groups excluding carboxylic acids is 1. The summed E-state index contributed by atoms with van der Waals surface area (Å²) >= 11 is 7.19. The van der Waals surface area contributed by atoms with Crippen LogP contribution in [0, 0.1) is 13.8 Å². The van der Waals surface area contributed by atoms with Crippen LogP contribution in [-0.2, 0) is 4.79 Å². The number of hydrogen-bond donors (Lipinski definition) is 1. The summed E-state index contributed by atoms with van der Waals surface area (Å²) in [5.74, 6) is 0.680. The van der Waals surface area contributed by atoms with Crippen LogP contribution in [0.2, 0.25) is 5.02 Å². The van der Waals surface area contributed by atoms with E-state index in [-0.39, 0.29) is 11.2 Å². The number of fused-ring (bicyclic) bond motifs is 1. The first kappa shape index (κ1) is 16.7. The Hall–Kier alpha value is -2.12. The van der Waals surface area contributed by atoms with Crippen LogP contribution in [-0.4, -0.2) is 30.7 Å². The number of anilines is 1. The van der Waals surface area contributed by atoms with Crippen LogP contribution >= 0.6 is 23.4 Å². The van der Waals surface area contributed by atoms with Gasteiger partial charge in [-0.1, -0.05) is 23.4 Å². The molecule has 2 aromatic heterocycles. The van der Waals surface area contributed by atoms with Crippen molar-refractivity contribution in [2.45, 2.75) is 31.2 Å². The molecule has 124 valence electrons. The largest absolute Gasteiger partial charge is 0.325 e. The van der Waals surface area contributed by atoms with E-state index < -0.39 is 0 Å². The predicted molar refractivity (Wildman–Crippen MR) is 95.7 cm³/mol. The van der Waals surface area contributed by atoms with Crippen molar-refractivity contribution in [1.82, 2.24) is 19.6 Å². The summed E-state index contributed by atoms with van der Waals surface area (Å²) in [5.41, 5.74) is 2.32. The molecule has 8 heteroatoms. The Kier molecular flexibility index (Phi) is 4.73. The maximum Gasteiger partial charge on any atom is 0.237 e. The highest BCUT2D eigenvalue weighted by Crippen LogP contribution is 2.24. The number of thioether (sulfide) groups is 1. The zero-order valence-electron chi connectivity index (χ0n) is 13.4. The van der Waals surface area contributed by atoms with E-state index in [1.165, 1.54) is 11.8 Å². The molecule has 1 aromatic carbocycles. The van der Waals surface area contributed by atoms with E-state index in [9.17, 15) is 4.79 Å². The van der Waals surface area contributed by atoms with Gasteiger partial charge in [-0.2, -0.15) is 0 Å². The van der Waals surface area contributed by atoms with Gasteiger partial charge in [0.25, 0.3) is 0 Å². The summed E-state index contributed by atoms with van der Waals surface area (Å²) in [6, 6.07) is 8.86. The van der Waals surface area contributed by atoms with Crippen molar-refractivity contribution in [1.29, 1.82) is 0 Å². The van der Waals surface area contributed by atoms with Gasteiger partial charge in [-0.25, -0.2) is 4.98 Å². The molecular formula is C16H16ClN5OS. The number of aryl methyl sites for hydroxylation is 2. The molecule has 3 aromatic rings. The third-order valence-electron chi connectivity index (χ3n) is 3.42. The normalized spacial score (nSPS) is 12.3. The number of hydrogen-bond acceptors (Lipinski definition) is 5. The molecule has 1 amide bonds. The molecule has 0 aliphatic heterocycles. The second-order valence-electron chi connectivity index (χ2n) is 5.38. The maximum atomic E-state index is 12.4. The molecular weight excluding hydrogens is 346 g/mol. The first-order valence-corrected chi connectivity index (χ1v) is 8.62. The molecule has 0 saturated heterocycles. The number of carbonyl (C=O) groups is 1. The van der Waals surface area contributed by atoms with Gasteiger partial charge in [-0.05, 0) is 45.0 Å². The molecule has 6 nitrogen and oxygen atoms in total. The number of amides is 1. The van der Waals surface area contributed by atoms with Gasteiger partial charge < -0.3 is 5.32 Å². The third kappa shape index (κ3) is 3.52. The van der Waals surface area contributed by atoms with Gasteiger partial charge in [0.2, 0.25) is 5.91 Å². The van der Waals surface area contributed by atoms with Gasteiger partial charge in [0.05, 0.1) is 5.25 Å². The van der Waals surface area contributed by atoms with Crippen molar-refractivity contribution in [2.24, 2.45) is 0 Å². The molecule has 0 saturated carbocycles. The van der Waals surface area contributed by atoms with Crippen molar-refractivity contribution < 1.29 is 4.79 Å². The van der Waals surface area contributed by atoms with Crippen LogP contribution in [0.1, 0.15) is 18.4 Å². The SMILES string of the molecule is Cc1cc2nnc(SC(C)C(=O)Nc3ccc(Cl)cc3)n2c(C)n1. The summed E-state index contributed by atoms with van der Waals surface area (Å²) in [6.45, 7) is 5.64. The molecule has 24 heavy (non-hydrogen) atoms. The number of nitrogens with one attached hydrogen (secondary N) is 1. The molecule has 0 fully saturated rings. The summed E-state index contributed by atoms with van der Waals surface area (Å²) in [6.07, 6.45) is 0. The first-order chi connectivity index (χ1) is 11.4. The highest BCUT2D eigenvalue weighted by molar-refractivity contribution is 8.00. The zero-order valence-corrected chi connectivity index (χ0v) is 15.0. The first-order valence-electron chi connectivity index (χ1n) is 7.36. The molecule has 0 spiro atoms. The van der Waals surface area contributed by atoms with E-state index in [2.05, 4.69) is 20.5 Å². The van der Waals surface area contributed by atoms with Crippen LogP contribution in [0.3, 0.4) is 0 Å². The van der Waals surface area contributed by atoms with Gasteiger partial charge in [0.15, 0.2) is 10.8 Å². The van der Waals surface area contributed by atoms with E-state index in [4.69, 9.17) is 11.6 Å². The molecule has 2 heterocycles. The van der Waals surface area contributed by atoms with Crippen molar-refractivity contribution in [2.75, 3.05) is 5.32 Å². The topological polar surface area (TPSA) is 72.2 Å². The third-order valence-corrected chi connectivity index (χ3v) is 4.72. The number of rotatable bonds is 4. The quantitative estimate of drug-likeness (QED) is 0.720. The lowest BCUT2D eigenvalue weighted by Crippen LogP contribution is -2.22. The summed E-state index contributed by atoms with van der Waals surface area (Å²) < 4.78 is 1.85. The van der Waals surface area contributed by atoms with Crippen LogP contribution in [0.15, 0.2) is 35.5 Å². The van der Waals surface area contributed by atoms with Crippen LogP contribution in [0.4, 0.5) is 5.69 Å². The Morgan fingerprint density at radius 1 is 1.25 bits per heavy atom. The lowest BCUT2D eigenvalue weighted by Gasteiger charge is -2.11. The highest BCUT2D eigenvalue weighted by Gasteiger charge is 2.19. The fourth-order valence-corrected chi connectivity index (χ4v) is 3.30. The Bertz CT molecular complexity index is 893. The highest BCUT2D eigenvalue weighted by atomic mass is 35.5. The van der Waals surface area contributed by atoms with Gasteiger partial charge in [0, 0.05) is 22.5 Å². The van der Waals surface area contributed by atoms with Crippen molar-refractivity contribution in [3.63, 3.8) is 0 Å². The van der Waals surface area contributed by atoms with Crippen molar-refractivity contribution in [3.8, 4) is 0 Å². The second kappa shape index (κ2) is 6.78. The van der Waals surface area contributed by atoms with Gasteiger partial charge in [-0.15, -0.1) is 10.2 Å². The van der Waals surface area contributed by atoms with E-state index >= 15 is 0 Å². The summed E-state index contributed by atoms with van der Waals surface area (Å²) in [5, 5.41) is 12.1. The van der Waals surface area contributed by atoms with E-state index in [1.807, 2.05) is 31.2 Å². The van der Waals surface area contributed by atoms with E-state index in [0.29, 0.717) is 15.9 Å². The molecule has 1 unspecified atom stereocenters. The molecule has 0 aliphatic rings. The number of halogens is 1. The average Bonchev–Trinajstić information content (AvgIpc) is 2.92. The zero-order chi connectivity index (χ0) is 17.3. The molecule has 1 atom stereocenters. The number of aromatic nitrogens is 4. The standard InChI is InChI=1S/C16H16ClN5OS/c1-9-8-14-20-21-16(22(14)11(3)18-9)24-10(2)15(23)19-13-6-4-12(17)5-7-13/h4-8,10H,1-3H3,(H,19,23). The van der Waals surface area contributed by atoms with Gasteiger partial charge in [-0.3, -0.25) is 9.20 Å². The summed E-state index contributed by atoms with van der Waals surface area (Å²) in [4.78, 5) is 16.8. The van der Waals surface area contributed by atoms with Gasteiger partial charge in [0.1, 0.15) is 5.82 Å². The number of benzene rings is 1. The van der Waals surface area contributed by atoms with Crippen LogP contribution < -0.4 is 5.32 Å². The molecule has 1 N–H and O–H groups in total. The Labute approximate surface area is 148 Å². The van der Waals surface area contributed by atoms with Crippen LogP contribution in [0.5, 0.6) is 0 Å². The second-order valence-corrected chi connectivity index (χ2v) is 7.12. The van der Waals surface area contributed by atoms with E-state index in [0.717, 1.165) is 17.2 Å². The molecule has 0 bridgehead atoms. The lowest BCUT2D eigenvalue weighted by molar-refractivity contribution is -0.115. The fraction of sp³-hybridized carbons (Fsp3) is 0.250. The molecule has 0 radical (unpaired) electrons. The van der Waals surface area contributed by atoms with E-state index in [1.54, 1.807) is 24.3 Å². The fourth-order valence-electron chi connectivity index (χ4n) is 2.27. The predicted octanol–water partition coefficient (Wildman–Crippen LogP) is 3.51. The molecule has 3 rings (SSSR count). The number of nitrogens with zero attached hydrogens (tertiary/aromatic N) is 4. The lowest BCUT2D eigenvalue weighted by atomic mass is 10.3. The smallest absolute Gasteiger partial charge is 0.237 e.